The Bertz CT molecular complexity index is 736. The lowest BCUT2D eigenvalue weighted by atomic mass is 10.2. The predicted octanol–water partition coefficient (Wildman–Crippen LogP) is 4.14. The lowest BCUT2D eigenvalue weighted by Gasteiger charge is -2.08. The number of nitrogens with zero attached hydrogens (tertiary/aromatic N) is 1. The maximum Gasteiger partial charge on any atom is 0.340 e. The highest BCUT2D eigenvalue weighted by Crippen LogP contribution is 2.23. The molecule has 0 spiro atoms. The van der Waals surface area contributed by atoms with E-state index in [1.54, 1.807) is 24.3 Å². The number of hydrogen-bond acceptors (Lipinski definition) is 5. The van der Waals surface area contributed by atoms with E-state index in [0.717, 1.165) is 6.07 Å². The van der Waals surface area contributed by atoms with Crippen LogP contribution in [0.25, 0.3) is 0 Å². The van der Waals surface area contributed by atoms with E-state index in [4.69, 9.17) is 32.7 Å². The first-order valence-electron chi connectivity index (χ1n) is 6.47. The molecule has 0 unspecified atom stereocenters. The van der Waals surface area contributed by atoms with Crippen LogP contribution < -0.4 is 4.74 Å². The van der Waals surface area contributed by atoms with Gasteiger partial charge in [-0.05, 0) is 24.3 Å². The molecule has 0 bridgehead atoms. The Labute approximate surface area is 141 Å². The highest BCUT2D eigenvalue weighted by molar-refractivity contribution is 6.33. The van der Waals surface area contributed by atoms with E-state index in [1.165, 1.54) is 12.1 Å². The molecule has 2 aromatic rings. The summed E-state index contributed by atoms with van der Waals surface area (Å²) in [7, 11) is 0. The van der Waals surface area contributed by atoms with Crippen LogP contribution in [0.15, 0.2) is 42.5 Å². The van der Waals surface area contributed by atoms with Gasteiger partial charge in [-0.3, -0.25) is 10.1 Å². The fourth-order valence-corrected chi connectivity index (χ4v) is 2.09. The Morgan fingerprint density at radius 2 is 1.91 bits per heavy atom. The summed E-state index contributed by atoms with van der Waals surface area (Å²) in [5.74, 6) is -0.213. The van der Waals surface area contributed by atoms with Gasteiger partial charge >= 0.3 is 5.97 Å². The van der Waals surface area contributed by atoms with Crippen molar-refractivity contribution in [2.45, 2.75) is 0 Å². The molecule has 2 aromatic carbocycles. The molecule has 0 aliphatic rings. The summed E-state index contributed by atoms with van der Waals surface area (Å²) < 4.78 is 10.4. The van der Waals surface area contributed by atoms with Gasteiger partial charge in [-0.15, -0.1) is 0 Å². The van der Waals surface area contributed by atoms with Crippen LogP contribution in [0.4, 0.5) is 5.69 Å². The van der Waals surface area contributed by atoms with Gasteiger partial charge in [0.25, 0.3) is 5.69 Å². The van der Waals surface area contributed by atoms with E-state index in [-0.39, 0.29) is 29.5 Å². The average molecular weight is 356 g/mol. The van der Waals surface area contributed by atoms with E-state index in [1.807, 2.05) is 0 Å². The normalized spacial score (nSPS) is 10.2. The summed E-state index contributed by atoms with van der Waals surface area (Å²) in [6, 6.07) is 10.3. The van der Waals surface area contributed by atoms with Crippen molar-refractivity contribution < 1.29 is 19.2 Å². The van der Waals surface area contributed by atoms with Crippen LogP contribution in [-0.2, 0) is 4.74 Å². The third kappa shape index (κ3) is 4.84. The van der Waals surface area contributed by atoms with Crippen molar-refractivity contribution in [3.63, 3.8) is 0 Å². The zero-order valence-corrected chi connectivity index (χ0v) is 13.2. The van der Waals surface area contributed by atoms with Gasteiger partial charge < -0.3 is 9.47 Å². The third-order valence-electron chi connectivity index (χ3n) is 2.76. The van der Waals surface area contributed by atoms with Crippen LogP contribution in [0.3, 0.4) is 0 Å². The summed E-state index contributed by atoms with van der Waals surface area (Å²) in [6.45, 7) is 0.0724. The van der Waals surface area contributed by atoms with E-state index >= 15 is 0 Å². The fraction of sp³-hybridized carbons (Fsp3) is 0.133. The second-order valence-corrected chi connectivity index (χ2v) is 5.21. The summed E-state index contributed by atoms with van der Waals surface area (Å²) in [4.78, 5) is 22.0. The zero-order chi connectivity index (χ0) is 16.8. The van der Waals surface area contributed by atoms with Crippen molar-refractivity contribution in [2.75, 3.05) is 13.2 Å². The standard InChI is InChI=1S/C15H11Cl2NO5/c16-10-2-1-3-12(8-10)22-6-7-23-15(19)13-9-11(18(20)21)4-5-14(13)17/h1-5,8-9H,6-7H2. The molecule has 0 saturated heterocycles. The van der Waals surface area contributed by atoms with E-state index < -0.39 is 10.9 Å². The summed E-state index contributed by atoms with van der Waals surface area (Å²) in [6.07, 6.45) is 0. The molecule has 0 atom stereocenters. The Morgan fingerprint density at radius 3 is 2.61 bits per heavy atom. The summed E-state index contributed by atoms with van der Waals surface area (Å²) in [5.41, 5.74) is -0.305. The number of nitro groups is 1. The Kier molecular flexibility index (Phi) is 5.78. The third-order valence-corrected chi connectivity index (χ3v) is 3.33. The molecule has 6 nitrogen and oxygen atoms in total. The monoisotopic (exact) mass is 355 g/mol. The molecule has 8 heteroatoms. The number of halogens is 2. The number of nitro benzene ring substituents is 1. The molecule has 0 amide bonds. The molecule has 0 saturated carbocycles. The van der Waals surface area contributed by atoms with Gasteiger partial charge in [0.1, 0.15) is 19.0 Å². The van der Waals surface area contributed by atoms with Crippen LogP contribution >= 0.6 is 23.2 Å². The largest absolute Gasteiger partial charge is 0.490 e. The first-order chi connectivity index (χ1) is 11.0. The average Bonchev–Trinajstić information content (AvgIpc) is 2.51. The predicted molar refractivity (Wildman–Crippen MR) is 85.3 cm³/mol. The molecule has 0 aliphatic carbocycles. The molecule has 23 heavy (non-hydrogen) atoms. The molecule has 0 N–H and O–H groups in total. The maximum absolute atomic E-state index is 11.9. The maximum atomic E-state index is 11.9. The molecule has 2 rings (SSSR count). The quantitative estimate of drug-likeness (QED) is 0.336. The van der Waals surface area contributed by atoms with Crippen molar-refractivity contribution >= 4 is 34.9 Å². The van der Waals surface area contributed by atoms with Gasteiger partial charge in [0, 0.05) is 17.2 Å². The second kappa shape index (κ2) is 7.80. The number of non-ortho nitro benzene ring substituents is 1. The lowest BCUT2D eigenvalue weighted by Crippen LogP contribution is -2.13. The van der Waals surface area contributed by atoms with Gasteiger partial charge in [0.2, 0.25) is 0 Å². The molecule has 0 aromatic heterocycles. The number of hydrogen-bond donors (Lipinski definition) is 0. The minimum atomic E-state index is -0.756. The van der Waals surface area contributed by atoms with Gasteiger partial charge in [-0.2, -0.15) is 0 Å². The zero-order valence-electron chi connectivity index (χ0n) is 11.7. The summed E-state index contributed by atoms with van der Waals surface area (Å²) in [5, 5.41) is 11.3. The second-order valence-electron chi connectivity index (χ2n) is 4.36. The van der Waals surface area contributed by atoms with Crippen molar-refractivity contribution in [1.29, 1.82) is 0 Å². The molecular formula is C15H11Cl2NO5. The molecule has 120 valence electrons. The van der Waals surface area contributed by atoms with Crippen molar-refractivity contribution in [3.05, 3.63) is 68.2 Å². The number of carbonyl (C=O) groups excluding carboxylic acids is 1. The smallest absolute Gasteiger partial charge is 0.340 e. The van der Waals surface area contributed by atoms with Crippen molar-refractivity contribution in [2.24, 2.45) is 0 Å². The van der Waals surface area contributed by atoms with Gasteiger partial charge in [-0.1, -0.05) is 29.3 Å². The van der Waals surface area contributed by atoms with Gasteiger partial charge in [0.15, 0.2) is 0 Å². The summed E-state index contributed by atoms with van der Waals surface area (Å²) >= 11 is 11.7. The molecule has 0 radical (unpaired) electrons. The highest BCUT2D eigenvalue weighted by Gasteiger charge is 2.17. The minimum Gasteiger partial charge on any atom is -0.490 e. The molecule has 0 fully saturated rings. The van der Waals surface area contributed by atoms with Gasteiger partial charge in [0.05, 0.1) is 15.5 Å². The number of rotatable bonds is 6. The highest BCUT2D eigenvalue weighted by atomic mass is 35.5. The van der Waals surface area contributed by atoms with Crippen molar-refractivity contribution in [3.8, 4) is 5.75 Å². The fourth-order valence-electron chi connectivity index (χ4n) is 1.71. The van der Waals surface area contributed by atoms with Crippen LogP contribution in [0, 0.1) is 10.1 Å². The molecule has 0 aliphatic heterocycles. The van der Waals surface area contributed by atoms with Crippen LogP contribution in [-0.4, -0.2) is 24.1 Å². The van der Waals surface area contributed by atoms with Crippen LogP contribution in [0.1, 0.15) is 10.4 Å². The first-order valence-corrected chi connectivity index (χ1v) is 7.22. The topological polar surface area (TPSA) is 78.7 Å². The number of benzene rings is 2. The van der Waals surface area contributed by atoms with Crippen LogP contribution in [0.5, 0.6) is 5.75 Å². The van der Waals surface area contributed by atoms with E-state index in [2.05, 4.69) is 0 Å². The molecule has 0 heterocycles. The number of ether oxygens (including phenoxy) is 2. The number of esters is 1. The van der Waals surface area contributed by atoms with E-state index in [9.17, 15) is 14.9 Å². The lowest BCUT2D eigenvalue weighted by molar-refractivity contribution is -0.384. The Balaban J connectivity index is 1.90. The minimum absolute atomic E-state index is 0.0373. The Hall–Kier alpha value is -2.31. The van der Waals surface area contributed by atoms with Crippen LogP contribution in [0.2, 0.25) is 10.0 Å². The van der Waals surface area contributed by atoms with Crippen molar-refractivity contribution in [1.82, 2.24) is 0 Å². The first kappa shape index (κ1) is 17.1. The number of carbonyl (C=O) groups is 1. The molecular weight excluding hydrogens is 345 g/mol. The van der Waals surface area contributed by atoms with E-state index in [0.29, 0.717) is 10.8 Å². The van der Waals surface area contributed by atoms with Gasteiger partial charge in [-0.25, -0.2) is 4.79 Å². The SMILES string of the molecule is O=C(OCCOc1cccc(Cl)c1)c1cc([N+](=O)[O-])ccc1Cl. The Morgan fingerprint density at radius 1 is 1.13 bits per heavy atom.